The van der Waals surface area contributed by atoms with E-state index in [1.165, 1.54) is 0 Å². The molecular formula is C12H15Cl2F3N2O2S. The second-order valence-electron chi connectivity index (χ2n) is 4.76. The van der Waals surface area contributed by atoms with Crippen LogP contribution in [-0.4, -0.2) is 27.5 Å². The van der Waals surface area contributed by atoms with Gasteiger partial charge in [-0.05, 0) is 31.5 Å². The Morgan fingerprint density at radius 2 is 2.05 bits per heavy atom. The van der Waals surface area contributed by atoms with E-state index in [0.29, 0.717) is 6.07 Å². The molecule has 1 atom stereocenters. The van der Waals surface area contributed by atoms with Gasteiger partial charge >= 0.3 is 6.18 Å². The van der Waals surface area contributed by atoms with E-state index in [1.807, 2.05) is 0 Å². The summed E-state index contributed by atoms with van der Waals surface area (Å²) in [5, 5.41) is 2.61. The molecule has 1 aliphatic rings. The molecule has 0 radical (unpaired) electrons. The minimum absolute atomic E-state index is 0. The Morgan fingerprint density at radius 3 is 2.59 bits per heavy atom. The van der Waals surface area contributed by atoms with Crippen molar-refractivity contribution in [1.82, 2.24) is 10.0 Å². The van der Waals surface area contributed by atoms with Crippen LogP contribution in [0.4, 0.5) is 13.2 Å². The second kappa shape index (κ2) is 7.35. The summed E-state index contributed by atoms with van der Waals surface area (Å²) in [4.78, 5) is -0.919. The molecule has 0 aromatic heterocycles. The first-order chi connectivity index (χ1) is 9.72. The van der Waals surface area contributed by atoms with Crippen LogP contribution < -0.4 is 10.0 Å². The van der Waals surface area contributed by atoms with Crippen molar-refractivity contribution in [3.05, 3.63) is 28.8 Å². The molecule has 1 fully saturated rings. The van der Waals surface area contributed by atoms with E-state index in [2.05, 4.69) is 10.0 Å². The van der Waals surface area contributed by atoms with Crippen LogP contribution in [-0.2, 0) is 16.2 Å². The molecule has 2 N–H and O–H groups in total. The summed E-state index contributed by atoms with van der Waals surface area (Å²) in [7, 11) is -4.33. The predicted octanol–water partition coefficient (Wildman–Crippen LogP) is 2.81. The lowest BCUT2D eigenvalue weighted by molar-refractivity contribution is -0.139. The van der Waals surface area contributed by atoms with Gasteiger partial charge in [0.2, 0.25) is 10.0 Å². The molecule has 1 aromatic carbocycles. The highest BCUT2D eigenvalue weighted by Crippen LogP contribution is 2.37. The van der Waals surface area contributed by atoms with Crippen LogP contribution in [0, 0.1) is 0 Å². The van der Waals surface area contributed by atoms with Crippen molar-refractivity contribution in [2.24, 2.45) is 0 Å². The van der Waals surface area contributed by atoms with Gasteiger partial charge < -0.3 is 5.32 Å². The van der Waals surface area contributed by atoms with E-state index in [1.54, 1.807) is 0 Å². The smallest absolute Gasteiger partial charge is 0.313 e. The van der Waals surface area contributed by atoms with E-state index in [-0.39, 0.29) is 25.0 Å². The Hall–Kier alpha value is -0.540. The molecule has 0 bridgehead atoms. The molecule has 1 aromatic rings. The maximum Gasteiger partial charge on any atom is 0.417 e. The third kappa shape index (κ3) is 4.48. The number of rotatable bonds is 4. The molecule has 10 heteroatoms. The largest absolute Gasteiger partial charge is 0.417 e. The maximum absolute atomic E-state index is 12.9. The first-order valence-corrected chi connectivity index (χ1v) is 8.16. The fraction of sp³-hybridized carbons (Fsp3) is 0.500. The average Bonchev–Trinajstić information content (AvgIpc) is 2.88. The lowest BCUT2D eigenvalue weighted by Gasteiger charge is -2.16. The Kier molecular flexibility index (Phi) is 6.52. The Bertz CT molecular complexity index is 617. The first-order valence-electron chi connectivity index (χ1n) is 6.30. The minimum atomic E-state index is -4.79. The Balaban J connectivity index is 0.00000242. The number of nitrogens with one attached hydrogen (secondary N) is 2. The van der Waals surface area contributed by atoms with Crippen molar-refractivity contribution in [3.8, 4) is 0 Å². The van der Waals surface area contributed by atoms with E-state index < -0.39 is 31.7 Å². The van der Waals surface area contributed by atoms with Crippen LogP contribution in [0.2, 0.25) is 5.02 Å². The van der Waals surface area contributed by atoms with Crippen molar-refractivity contribution >= 4 is 34.0 Å². The molecule has 126 valence electrons. The lowest BCUT2D eigenvalue weighted by atomic mass is 10.2. The average molecular weight is 379 g/mol. The van der Waals surface area contributed by atoms with Gasteiger partial charge in [0, 0.05) is 12.6 Å². The van der Waals surface area contributed by atoms with Crippen molar-refractivity contribution in [1.29, 1.82) is 0 Å². The summed E-state index contributed by atoms with van der Waals surface area (Å²) < 4.78 is 65.3. The Labute approximate surface area is 137 Å². The summed E-state index contributed by atoms with van der Waals surface area (Å²) in [6.45, 7) is 0.803. The van der Waals surface area contributed by atoms with E-state index in [0.717, 1.165) is 31.5 Å². The van der Waals surface area contributed by atoms with Gasteiger partial charge in [-0.25, -0.2) is 13.1 Å². The van der Waals surface area contributed by atoms with Crippen LogP contribution in [0.25, 0.3) is 0 Å². The number of hydrogen-bond donors (Lipinski definition) is 2. The fourth-order valence-corrected chi connectivity index (χ4v) is 4.06. The monoisotopic (exact) mass is 378 g/mol. The number of alkyl halides is 3. The highest BCUT2D eigenvalue weighted by molar-refractivity contribution is 7.89. The van der Waals surface area contributed by atoms with Crippen LogP contribution in [0.1, 0.15) is 18.4 Å². The summed E-state index contributed by atoms with van der Waals surface area (Å²) in [5.41, 5.74) is -1.26. The topological polar surface area (TPSA) is 58.2 Å². The molecule has 0 amide bonds. The normalized spacial score (nSPS) is 19.0. The standard InChI is InChI=1S/C12H14ClF3N2O2S.ClH/c13-10-5-1-4-9(12(14,15)16)11(10)21(19,20)18-7-8-3-2-6-17-8;/h1,4-5,8,17-18H,2-3,6-7H2;1H. The fourth-order valence-electron chi connectivity index (χ4n) is 2.22. The van der Waals surface area contributed by atoms with Gasteiger partial charge in [-0.2, -0.15) is 13.2 Å². The van der Waals surface area contributed by atoms with Crippen LogP contribution >= 0.6 is 24.0 Å². The molecule has 2 rings (SSSR count). The minimum Gasteiger partial charge on any atom is -0.313 e. The van der Waals surface area contributed by atoms with Crippen molar-refractivity contribution in [3.63, 3.8) is 0 Å². The van der Waals surface area contributed by atoms with Crippen LogP contribution in [0.15, 0.2) is 23.1 Å². The number of sulfonamides is 1. The number of hydrogen-bond acceptors (Lipinski definition) is 3. The predicted molar refractivity (Wildman–Crippen MR) is 79.9 cm³/mol. The van der Waals surface area contributed by atoms with E-state index >= 15 is 0 Å². The molecule has 0 saturated carbocycles. The van der Waals surface area contributed by atoms with Gasteiger partial charge in [-0.15, -0.1) is 12.4 Å². The molecule has 1 aliphatic heterocycles. The van der Waals surface area contributed by atoms with Crippen molar-refractivity contribution < 1.29 is 21.6 Å². The maximum atomic E-state index is 12.9. The van der Waals surface area contributed by atoms with Gasteiger partial charge in [0.05, 0.1) is 10.6 Å². The number of halogens is 5. The summed E-state index contributed by atoms with van der Waals surface area (Å²) >= 11 is 5.68. The summed E-state index contributed by atoms with van der Waals surface area (Å²) in [5.74, 6) is 0. The van der Waals surface area contributed by atoms with Crippen molar-refractivity contribution in [2.45, 2.75) is 30.0 Å². The zero-order valence-electron chi connectivity index (χ0n) is 11.3. The van der Waals surface area contributed by atoms with Gasteiger partial charge in [0.1, 0.15) is 4.90 Å². The summed E-state index contributed by atoms with van der Waals surface area (Å²) in [6.07, 6.45) is -3.11. The molecule has 22 heavy (non-hydrogen) atoms. The molecule has 0 spiro atoms. The zero-order valence-corrected chi connectivity index (χ0v) is 13.7. The lowest BCUT2D eigenvalue weighted by Crippen LogP contribution is -2.37. The van der Waals surface area contributed by atoms with E-state index in [4.69, 9.17) is 11.6 Å². The molecule has 1 heterocycles. The van der Waals surface area contributed by atoms with E-state index in [9.17, 15) is 21.6 Å². The van der Waals surface area contributed by atoms with Crippen molar-refractivity contribution in [2.75, 3.05) is 13.1 Å². The third-order valence-corrected chi connectivity index (χ3v) is 5.17. The van der Waals surface area contributed by atoms with Gasteiger partial charge in [0.25, 0.3) is 0 Å². The van der Waals surface area contributed by atoms with Gasteiger partial charge in [-0.1, -0.05) is 17.7 Å². The molecular weight excluding hydrogens is 364 g/mol. The molecule has 0 aliphatic carbocycles. The van der Waals surface area contributed by atoms with Crippen LogP contribution in [0.5, 0.6) is 0 Å². The molecule has 1 unspecified atom stereocenters. The third-order valence-electron chi connectivity index (χ3n) is 3.22. The highest BCUT2D eigenvalue weighted by atomic mass is 35.5. The summed E-state index contributed by atoms with van der Waals surface area (Å²) in [6, 6.07) is 2.83. The quantitative estimate of drug-likeness (QED) is 0.846. The second-order valence-corrected chi connectivity index (χ2v) is 6.87. The number of benzene rings is 1. The zero-order chi connectivity index (χ0) is 15.7. The Morgan fingerprint density at radius 1 is 1.36 bits per heavy atom. The van der Waals surface area contributed by atoms with Crippen LogP contribution in [0.3, 0.4) is 0 Å². The first kappa shape index (κ1) is 19.5. The molecule has 4 nitrogen and oxygen atoms in total. The highest BCUT2D eigenvalue weighted by Gasteiger charge is 2.38. The SMILES string of the molecule is Cl.O=S(=O)(NCC1CCCN1)c1c(Cl)cccc1C(F)(F)F. The van der Waals surface area contributed by atoms with Gasteiger partial charge in [-0.3, -0.25) is 0 Å². The molecule has 1 saturated heterocycles. The van der Waals surface area contributed by atoms with Gasteiger partial charge in [0.15, 0.2) is 0 Å².